The van der Waals surface area contributed by atoms with Crippen molar-refractivity contribution in [2.45, 2.75) is 335 Å². The van der Waals surface area contributed by atoms with E-state index in [-0.39, 0.29) is 31.1 Å². The van der Waals surface area contributed by atoms with E-state index in [0.717, 1.165) is 96.3 Å². The maximum Gasteiger partial charge on any atom is 0.306 e. The molecule has 75 heavy (non-hydrogen) atoms. The monoisotopic (exact) mass is 1050 g/mol. The minimum absolute atomic E-state index is 0.0730. The van der Waals surface area contributed by atoms with Gasteiger partial charge in [0.25, 0.3) is 0 Å². The van der Waals surface area contributed by atoms with E-state index in [4.69, 9.17) is 14.2 Å². The van der Waals surface area contributed by atoms with Crippen molar-refractivity contribution in [2.75, 3.05) is 13.2 Å². The van der Waals surface area contributed by atoms with E-state index in [0.29, 0.717) is 19.3 Å². The van der Waals surface area contributed by atoms with Gasteiger partial charge in [0.05, 0.1) is 0 Å². The SMILES string of the molecule is CC/C=C\C/C=C\C/C=C\C/C=C\C/C=C\CCCCCCCCCCCCCCCCCC(=O)OCC(COC(=O)CCCCCCC)OC(=O)CCCCCCCCCCC/C=C\CCCCCCCCCC. The molecule has 0 N–H and O–H groups in total. The standard InChI is InChI=1S/C69H122O6/c1-4-7-10-13-15-17-19-21-23-25-27-29-30-31-32-33-34-35-36-37-38-40-41-43-45-47-49-51-53-56-59-62-68(71)74-65-66(64-73-67(70)61-58-55-12-9-6-3)75-69(72)63-60-57-54-52-50-48-46-44-42-39-28-26-24-22-20-18-16-14-11-8-5-2/h7,10,15,17,21,23,26-29,31-32,66H,4-6,8-9,11-14,16,18-20,22,24-25,30,33-65H2,1-3H3/b10-7-,17-15-,23-21-,28-26-,29-27-,32-31-. The smallest absolute Gasteiger partial charge is 0.306 e. The molecule has 0 saturated carbocycles. The number of carbonyl (C=O) groups excluding carboxylic acids is 3. The van der Waals surface area contributed by atoms with Crippen molar-refractivity contribution in [3.05, 3.63) is 72.9 Å². The molecule has 434 valence electrons. The van der Waals surface area contributed by atoms with Crippen molar-refractivity contribution in [3.63, 3.8) is 0 Å². The van der Waals surface area contributed by atoms with E-state index in [1.54, 1.807) is 0 Å². The van der Waals surface area contributed by atoms with Gasteiger partial charge in [-0.15, -0.1) is 0 Å². The van der Waals surface area contributed by atoms with Crippen molar-refractivity contribution in [3.8, 4) is 0 Å². The van der Waals surface area contributed by atoms with Crippen LogP contribution >= 0.6 is 0 Å². The zero-order chi connectivity index (χ0) is 54.3. The molecular formula is C69H122O6. The molecule has 0 spiro atoms. The van der Waals surface area contributed by atoms with E-state index in [1.165, 1.54) is 193 Å². The number of ether oxygens (including phenoxy) is 3. The van der Waals surface area contributed by atoms with Crippen molar-refractivity contribution >= 4 is 17.9 Å². The van der Waals surface area contributed by atoms with Gasteiger partial charge in [-0.1, -0.05) is 293 Å². The quantitative estimate of drug-likeness (QED) is 0.0261. The summed E-state index contributed by atoms with van der Waals surface area (Å²) in [5.74, 6) is -0.875. The summed E-state index contributed by atoms with van der Waals surface area (Å²) in [7, 11) is 0. The second-order valence-corrected chi connectivity index (χ2v) is 21.6. The van der Waals surface area contributed by atoms with Crippen LogP contribution in [0.4, 0.5) is 0 Å². The number of rotatable bonds is 59. The first-order valence-corrected chi connectivity index (χ1v) is 32.4. The summed E-state index contributed by atoms with van der Waals surface area (Å²) >= 11 is 0. The summed E-state index contributed by atoms with van der Waals surface area (Å²) in [5, 5.41) is 0. The van der Waals surface area contributed by atoms with Gasteiger partial charge in [0.1, 0.15) is 13.2 Å². The molecule has 0 aliphatic carbocycles. The first-order chi connectivity index (χ1) is 37.0. The largest absolute Gasteiger partial charge is 0.462 e. The molecule has 0 aromatic heterocycles. The number of hydrogen-bond acceptors (Lipinski definition) is 6. The molecule has 0 heterocycles. The number of unbranched alkanes of at least 4 members (excludes halogenated alkanes) is 36. The summed E-state index contributed by atoms with van der Waals surface area (Å²) < 4.78 is 16.8. The Labute approximate surface area is 465 Å². The van der Waals surface area contributed by atoms with Gasteiger partial charge < -0.3 is 14.2 Å². The Bertz CT molecular complexity index is 1390. The van der Waals surface area contributed by atoms with Crippen molar-refractivity contribution < 1.29 is 28.6 Å². The number of hydrogen-bond donors (Lipinski definition) is 0. The van der Waals surface area contributed by atoms with Crippen LogP contribution in [0.15, 0.2) is 72.9 Å². The van der Waals surface area contributed by atoms with Gasteiger partial charge in [-0.25, -0.2) is 0 Å². The van der Waals surface area contributed by atoms with Gasteiger partial charge in [0.2, 0.25) is 0 Å². The predicted octanol–water partition coefficient (Wildman–Crippen LogP) is 22.1. The fraction of sp³-hybridized carbons (Fsp3) is 0.783. The third-order valence-electron chi connectivity index (χ3n) is 14.2. The Balaban J connectivity index is 3.98. The van der Waals surface area contributed by atoms with Crippen molar-refractivity contribution in [2.24, 2.45) is 0 Å². The maximum absolute atomic E-state index is 12.8. The summed E-state index contributed by atoms with van der Waals surface area (Å²) in [5.41, 5.74) is 0. The molecule has 0 aliphatic heterocycles. The summed E-state index contributed by atoms with van der Waals surface area (Å²) in [6.45, 7) is 6.48. The van der Waals surface area contributed by atoms with E-state index in [9.17, 15) is 14.4 Å². The number of esters is 3. The Hall–Kier alpha value is -3.15. The van der Waals surface area contributed by atoms with E-state index in [2.05, 4.69) is 93.7 Å². The Kier molecular flexibility index (Phi) is 60.7. The zero-order valence-electron chi connectivity index (χ0n) is 49.8. The van der Waals surface area contributed by atoms with Gasteiger partial charge in [0.15, 0.2) is 6.10 Å². The molecule has 6 heteroatoms. The molecule has 0 rings (SSSR count). The Morgan fingerprint density at radius 1 is 0.280 bits per heavy atom. The topological polar surface area (TPSA) is 78.9 Å². The molecule has 0 aliphatic rings. The average Bonchev–Trinajstić information content (AvgIpc) is 3.41. The molecule has 0 aromatic rings. The molecule has 0 aromatic carbocycles. The van der Waals surface area contributed by atoms with E-state index in [1.807, 2.05) is 0 Å². The highest BCUT2D eigenvalue weighted by Gasteiger charge is 2.19. The first kappa shape index (κ1) is 71.8. The van der Waals surface area contributed by atoms with Gasteiger partial charge in [-0.05, 0) is 89.9 Å². The van der Waals surface area contributed by atoms with Crippen LogP contribution in [-0.4, -0.2) is 37.2 Å². The zero-order valence-corrected chi connectivity index (χ0v) is 49.8. The minimum atomic E-state index is -0.771. The summed E-state index contributed by atoms with van der Waals surface area (Å²) in [4.78, 5) is 37.9. The lowest BCUT2D eigenvalue weighted by molar-refractivity contribution is -0.167. The molecule has 0 bridgehead atoms. The van der Waals surface area contributed by atoms with Crippen molar-refractivity contribution in [1.29, 1.82) is 0 Å². The van der Waals surface area contributed by atoms with Crippen LogP contribution in [0, 0.1) is 0 Å². The lowest BCUT2D eigenvalue weighted by Gasteiger charge is -2.18. The fourth-order valence-corrected chi connectivity index (χ4v) is 9.35. The molecule has 1 atom stereocenters. The lowest BCUT2D eigenvalue weighted by atomic mass is 10.0. The van der Waals surface area contributed by atoms with Crippen LogP contribution in [0.1, 0.15) is 329 Å². The minimum Gasteiger partial charge on any atom is -0.462 e. The van der Waals surface area contributed by atoms with Crippen molar-refractivity contribution in [1.82, 2.24) is 0 Å². The number of allylic oxidation sites excluding steroid dienone is 12. The highest BCUT2D eigenvalue weighted by molar-refractivity contribution is 5.71. The van der Waals surface area contributed by atoms with Crippen LogP contribution < -0.4 is 0 Å². The second kappa shape index (κ2) is 63.4. The van der Waals surface area contributed by atoms with Gasteiger partial charge >= 0.3 is 17.9 Å². The van der Waals surface area contributed by atoms with E-state index >= 15 is 0 Å². The van der Waals surface area contributed by atoms with Crippen LogP contribution in [0.5, 0.6) is 0 Å². The summed E-state index contributed by atoms with van der Waals surface area (Å²) in [6, 6.07) is 0. The molecule has 6 nitrogen and oxygen atoms in total. The highest BCUT2D eigenvalue weighted by Crippen LogP contribution is 2.17. The predicted molar refractivity (Wildman–Crippen MR) is 325 cm³/mol. The molecule has 0 saturated heterocycles. The van der Waals surface area contributed by atoms with Crippen LogP contribution in [0.3, 0.4) is 0 Å². The van der Waals surface area contributed by atoms with Gasteiger partial charge in [-0.2, -0.15) is 0 Å². The third kappa shape index (κ3) is 61.6. The second-order valence-electron chi connectivity index (χ2n) is 21.6. The maximum atomic E-state index is 12.8. The normalized spacial score (nSPS) is 12.5. The molecule has 1 unspecified atom stereocenters. The van der Waals surface area contributed by atoms with Gasteiger partial charge in [0, 0.05) is 19.3 Å². The summed E-state index contributed by atoms with van der Waals surface area (Å²) in [6.07, 6.45) is 82.5. The van der Waals surface area contributed by atoms with Gasteiger partial charge in [-0.3, -0.25) is 14.4 Å². The number of carbonyl (C=O) groups is 3. The van der Waals surface area contributed by atoms with Crippen LogP contribution in [0.2, 0.25) is 0 Å². The molecular weight excluding hydrogens is 925 g/mol. The molecule has 0 radical (unpaired) electrons. The van der Waals surface area contributed by atoms with E-state index < -0.39 is 6.10 Å². The third-order valence-corrected chi connectivity index (χ3v) is 14.2. The highest BCUT2D eigenvalue weighted by atomic mass is 16.6. The fourth-order valence-electron chi connectivity index (χ4n) is 9.35. The Morgan fingerprint density at radius 3 is 0.827 bits per heavy atom. The average molecular weight is 1050 g/mol. The van der Waals surface area contributed by atoms with Crippen LogP contribution in [0.25, 0.3) is 0 Å². The lowest BCUT2D eigenvalue weighted by Crippen LogP contribution is -2.30. The Morgan fingerprint density at radius 2 is 0.520 bits per heavy atom. The molecule has 0 fully saturated rings. The molecule has 0 amide bonds. The van der Waals surface area contributed by atoms with Crippen LogP contribution in [-0.2, 0) is 28.6 Å². The first-order valence-electron chi connectivity index (χ1n) is 32.4.